The van der Waals surface area contributed by atoms with Crippen LogP contribution in [-0.2, 0) is 21.3 Å². The van der Waals surface area contributed by atoms with E-state index < -0.39 is 29.9 Å². The Balaban J connectivity index is 2.86. The Bertz CT molecular complexity index is 630. The summed E-state index contributed by atoms with van der Waals surface area (Å²) in [5.41, 5.74) is -0.677. The molecule has 0 saturated heterocycles. The summed E-state index contributed by atoms with van der Waals surface area (Å²) < 4.78 is 15.7. The molecular formula is C15H23N3O6. The van der Waals surface area contributed by atoms with E-state index in [0.29, 0.717) is 0 Å². The molecular weight excluding hydrogens is 318 g/mol. The highest BCUT2D eigenvalue weighted by molar-refractivity contribution is 5.95. The predicted octanol–water partition coefficient (Wildman–Crippen LogP) is 2.49. The van der Waals surface area contributed by atoms with E-state index in [4.69, 9.17) is 9.47 Å². The lowest BCUT2D eigenvalue weighted by molar-refractivity contribution is 0.0275. The summed E-state index contributed by atoms with van der Waals surface area (Å²) in [7, 11) is 2.94. The molecule has 0 unspecified atom stereocenters. The minimum absolute atomic E-state index is 0.0129. The van der Waals surface area contributed by atoms with Crippen molar-refractivity contribution in [1.29, 1.82) is 0 Å². The van der Waals surface area contributed by atoms with E-state index in [-0.39, 0.29) is 11.5 Å². The van der Waals surface area contributed by atoms with Crippen LogP contribution >= 0.6 is 0 Å². The van der Waals surface area contributed by atoms with Gasteiger partial charge in [0.15, 0.2) is 5.82 Å². The number of hydrogen-bond acceptors (Lipinski definition) is 7. The van der Waals surface area contributed by atoms with Crippen molar-refractivity contribution in [3.05, 3.63) is 11.8 Å². The molecule has 0 saturated carbocycles. The van der Waals surface area contributed by atoms with Crippen molar-refractivity contribution in [2.75, 3.05) is 11.9 Å². The van der Waals surface area contributed by atoms with E-state index in [1.807, 2.05) is 0 Å². The van der Waals surface area contributed by atoms with E-state index in [1.165, 1.54) is 24.8 Å². The number of ether oxygens (including phenoxy) is 3. The van der Waals surface area contributed by atoms with Crippen LogP contribution in [-0.4, -0.2) is 46.8 Å². The number of anilines is 1. The molecule has 1 heterocycles. The molecule has 9 heteroatoms. The molecule has 0 aliphatic heterocycles. The molecule has 0 N–H and O–H groups in total. The quantitative estimate of drug-likeness (QED) is 0.615. The van der Waals surface area contributed by atoms with Crippen LogP contribution in [0.5, 0.6) is 0 Å². The van der Waals surface area contributed by atoms with Gasteiger partial charge in [0.2, 0.25) is 0 Å². The third-order valence-electron chi connectivity index (χ3n) is 2.60. The molecule has 1 rings (SSSR count). The van der Waals surface area contributed by atoms with Crippen molar-refractivity contribution in [2.24, 2.45) is 7.05 Å². The van der Waals surface area contributed by atoms with Crippen LogP contribution in [0.25, 0.3) is 0 Å². The number of aryl methyl sites for hydroxylation is 1. The maximum absolute atomic E-state index is 12.0. The number of hydrogen-bond donors (Lipinski definition) is 0. The van der Waals surface area contributed by atoms with Crippen molar-refractivity contribution in [3.8, 4) is 0 Å². The molecule has 0 radical (unpaired) electrons. The number of carbonyl (C=O) groups is 3. The molecule has 24 heavy (non-hydrogen) atoms. The van der Waals surface area contributed by atoms with Crippen LogP contribution in [0.3, 0.4) is 0 Å². The lowest BCUT2D eigenvalue weighted by Gasteiger charge is -2.23. The maximum Gasteiger partial charge on any atom is 0.516 e. The fraction of sp³-hybridized carbons (Fsp3) is 0.600. The van der Waals surface area contributed by atoms with Gasteiger partial charge in [0.1, 0.15) is 11.3 Å². The molecule has 134 valence electrons. The number of rotatable bonds is 3. The van der Waals surface area contributed by atoms with Gasteiger partial charge in [-0.05, 0) is 34.6 Å². The number of esters is 1. The van der Waals surface area contributed by atoms with Crippen LogP contribution in [0.1, 0.15) is 45.1 Å². The minimum Gasteiger partial charge on any atom is -0.443 e. The van der Waals surface area contributed by atoms with E-state index in [1.54, 1.807) is 34.6 Å². The van der Waals surface area contributed by atoms with Crippen molar-refractivity contribution < 1.29 is 28.6 Å². The van der Waals surface area contributed by atoms with Crippen molar-refractivity contribution in [3.63, 3.8) is 0 Å². The summed E-state index contributed by atoms with van der Waals surface area (Å²) in [6.45, 7) is 8.47. The Morgan fingerprint density at radius 2 is 1.83 bits per heavy atom. The van der Waals surface area contributed by atoms with Gasteiger partial charge in [-0.25, -0.2) is 14.4 Å². The molecule has 0 aliphatic rings. The maximum atomic E-state index is 12.0. The highest BCUT2D eigenvalue weighted by atomic mass is 16.7. The molecule has 1 amide bonds. The van der Waals surface area contributed by atoms with Crippen LogP contribution in [0.4, 0.5) is 15.4 Å². The van der Waals surface area contributed by atoms with Crippen molar-refractivity contribution >= 4 is 24.0 Å². The van der Waals surface area contributed by atoms with Gasteiger partial charge in [-0.3, -0.25) is 9.58 Å². The highest BCUT2D eigenvalue weighted by Crippen LogP contribution is 2.17. The zero-order valence-corrected chi connectivity index (χ0v) is 14.9. The topological polar surface area (TPSA) is 100.0 Å². The zero-order chi connectivity index (χ0) is 18.7. The van der Waals surface area contributed by atoms with E-state index >= 15 is 0 Å². The second-order valence-electron chi connectivity index (χ2n) is 6.36. The summed E-state index contributed by atoms with van der Waals surface area (Å²) in [5, 5.41) is 4.04. The number of nitrogens with zero attached hydrogens (tertiary/aromatic N) is 3. The highest BCUT2D eigenvalue weighted by Gasteiger charge is 2.25. The van der Waals surface area contributed by atoms with Crippen LogP contribution in [0, 0.1) is 0 Å². The smallest absolute Gasteiger partial charge is 0.443 e. The Morgan fingerprint density at radius 3 is 2.33 bits per heavy atom. The first-order chi connectivity index (χ1) is 10.9. The van der Waals surface area contributed by atoms with Gasteiger partial charge in [0.05, 0.1) is 6.10 Å². The molecule has 9 nitrogen and oxygen atoms in total. The minimum atomic E-state index is -1.10. The van der Waals surface area contributed by atoms with E-state index in [2.05, 4.69) is 9.84 Å². The molecule has 0 atom stereocenters. The largest absolute Gasteiger partial charge is 0.516 e. The molecule has 0 spiro atoms. The summed E-state index contributed by atoms with van der Waals surface area (Å²) >= 11 is 0. The predicted molar refractivity (Wildman–Crippen MR) is 84.9 cm³/mol. The Hall–Kier alpha value is -2.58. The molecule has 1 aromatic rings. The van der Waals surface area contributed by atoms with Crippen LogP contribution in [0.15, 0.2) is 6.07 Å². The van der Waals surface area contributed by atoms with Gasteiger partial charge in [0, 0.05) is 20.2 Å². The molecule has 1 aromatic heterocycles. The molecule has 0 fully saturated rings. The summed E-state index contributed by atoms with van der Waals surface area (Å²) in [6, 6.07) is 1.31. The van der Waals surface area contributed by atoms with E-state index in [0.717, 1.165) is 4.90 Å². The fourth-order valence-electron chi connectivity index (χ4n) is 1.58. The van der Waals surface area contributed by atoms with Gasteiger partial charge in [-0.2, -0.15) is 5.10 Å². The van der Waals surface area contributed by atoms with Crippen molar-refractivity contribution in [2.45, 2.75) is 46.3 Å². The first-order valence-corrected chi connectivity index (χ1v) is 7.34. The first-order valence-electron chi connectivity index (χ1n) is 7.34. The Kier molecular flexibility index (Phi) is 5.94. The van der Waals surface area contributed by atoms with Crippen molar-refractivity contribution in [1.82, 2.24) is 9.78 Å². The number of carbonyl (C=O) groups excluding carboxylic acids is 3. The fourth-order valence-corrected chi connectivity index (χ4v) is 1.58. The van der Waals surface area contributed by atoms with E-state index in [9.17, 15) is 14.4 Å². The second kappa shape index (κ2) is 7.33. The average molecular weight is 341 g/mol. The van der Waals surface area contributed by atoms with Crippen LogP contribution in [0.2, 0.25) is 0 Å². The third-order valence-corrected chi connectivity index (χ3v) is 2.60. The normalized spacial score (nSPS) is 11.2. The van der Waals surface area contributed by atoms with Gasteiger partial charge in [-0.1, -0.05) is 0 Å². The Labute approximate surface area is 140 Å². The first kappa shape index (κ1) is 19.5. The zero-order valence-electron chi connectivity index (χ0n) is 14.9. The summed E-state index contributed by atoms with van der Waals surface area (Å²) in [6.07, 6.45) is -2.14. The lowest BCUT2D eigenvalue weighted by atomic mass is 10.2. The van der Waals surface area contributed by atoms with Gasteiger partial charge >= 0.3 is 18.2 Å². The number of amides is 1. The lowest BCUT2D eigenvalue weighted by Crippen LogP contribution is -2.34. The summed E-state index contributed by atoms with van der Waals surface area (Å²) in [5.74, 6) is -0.754. The van der Waals surface area contributed by atoms with Crippen LogP contribution < -0.4 is 4.90 Å². The SMILES string of the molecule is CC(C)OC(=O)OC(=O)c1cc(N(C)C(=O)OC(C)(C)C)nn1C. The van der Waals surface area contributed by atoms with Gasteiger partial charge < -0.3 is 14.2 Å². The standard InChI is InChI=1S/C15H23N3O6/c1-9(2)22-14(21)23-12(19)10-8-11(16-18(10)7)17(6)13(20)24-15(3,4)5/h8-9H,1-7H3. The van der Waals surface area contributed by atoms with Gasteiger partial charge in [0.25, 0.3) is 0 Å². The Morgan fingerprint density at radius 1 is 1.25 bits per heavy atom. The number of aromatic nitrogens is 2. The van der Waals surface area contributed by atoms with Gasteiger partial charge in [-0.15, -0.1) is 0 Å². The molecule has 0 bridgehead atoms. The molecule has 0 aliphatic carbocycles. The average Bonchev–Trinajstić information content (AvgIpc) is 2.76. The second-order valence-corrected chi connectivity index (χ2v) is 6.36. The molecule has 0 aromatic carbocycles. The monoisotopic (exact) mass is 341 g/mol. The third kappa shape index (κ3) is 5.56. The summed E-state index contributed by atoms with van der Waals surface area (Å²) in [4.78, 5) is 36.5.